The van der Waals surface area contributed by atoms with E-state index in [-0.39, 0.29) is 0 Å². The number of likely N-dealkylation sites (tertiary alicyclic amines) is 1. The minimum Gasteiger partial charge on any atom is -0.299 e. The summed E-state index contributed by atoms with van der Waals surface area (Å²) in [6, 6.07) is 0. The molecule has 0 aromatic heterocycles. The molecule has 0 amide bonds. The zero-order valence-electron chi connectivity index (χ0n) is 7.06. The third-order valence-electron chi connectivity index (χ3n) is 2.16. The van der Waals surface area contributed by atoms with Crippen molar-refractivity contribution in [2.45, 2.75) is 26.7 Å². The van der Waals surface area contributed by atoms with Gasteiger partial charge in [0, 0.05) is 6.54 Å². The Morgan fingerprint density at radius 1 is 1.40 bits per heavy atom. The van der Waals surface area contributed by atoms with E-state index >= 15 is 0 Å². The number of hydrogen-bond donors (Lipinski definition) is 0. The lowest BCUT2D eigenvalue weighted by molar-refractivity contribution is 0.368. The van der Waals surface area contributed by atoms with Gasteiger partial charge in [-0.15, -0.1) is 0 Å². The van der Waals surface area contributed by atoms with Crippen LogP contribution in [0.1, 0.15) is 26.7 Å². The molecule has 58 valence electrons. The Kier molecular flexibility index (Phi) is 2.94. The summed E-state index contributed by atoms with van der Waals surface area (Å²) >= 11 is 0. The average Bonchev–Trinajstić information content (AvgIpc) is 2.40. The predicted octanol–water partition coefficient (Wildman–Crippen LogP) is 2.05. The van der Waals surface area contributed by atoms with E-state index in [2.05, 4.69) is 24.8 Å². The van der Waals surface area contributed by atoms with Gasteiger partial charge in [-0.2, -0.15) is 0 Å². The summed E-state index contributed by atoms with van der Waals surface area (Å²) in [5.41, 5.74) is 1.50. The molecule has 1 aliphatic heterocycles. The highest BCUT2D eigenvalue weighted by atomic mass is 15.1. The van der Waals surface area contributed by atoms with Crippen molar-refractivity contribution in [1.82, 2.24) is 4.90 Å². The van der Waals surface area contributed by atoms with Crippen molar-refractivity contribution in [3.8, 4) is 0 Å². The zero-order chi connectivity index (χ0) is 7.40. The van der Waals surface area contributed by atoms with Crippen LogP contribution >= 0.6 is 0 Å². The van der Waals surface area contributed by atoms with Crippen LogP contribution < -0.4 is 0 Å². The molecule has 1 heterocycles. The van der Waals surface area contributed by atoms with Crippen LogP contribution in [0.25, 0.3) is 0 Å². The maximum absolute atomic E-state index is 2.52. The molecule has 0 radical (unpaired) electrons. The lowest BCUT2D eigenvalue weighted by atomic mass is 10.3. The second-order valence-electron chi connectivity index (χ2n) is 3.12. The van der Waals surface area contributed by atoms with E-state index in [1.54, 1.807) is 0 Å². The first-order valence-corrected chi connectivity index (χ1v) is 4.17. The van der Waals surface area contributed by atoms with E-state index < -0.39 is 0 Å². The van der Waals surface area contributed by atoms with Gasteiger partial charge in [0.05, 0.1) is 0 Å². The molecule has 0 spiro atoms. The Morgan fingerprint density at radius 2 is 2.00 bits per heavy atom. The molecule has 1 nitrogen and oxygen atoms in total. The van der Waals surface area contributed by atoms with Crippen LogP contribution in [0.15, 0.2) is 11.6 Å². The Balaban J connectivity index is 2.24. The lowest BCUT2D eigenvalue weighted by Crippen LogP contribution is -2.20. The van der Waals surface area contributed by atoms with Gasteiger partial charge in [0.25, 0.3) is 0 Å². The van der Waals surface area contributed by atoms with Gasteiger partial charge in [-0.25, -0.2) is 0 Å². The van der Waals surface area contributed by atoms with E-state index in [1.165, 1.54) is 38.0 Å². The Morgan fingerprint density at radius 3 is 2.50 bits per heavy atom. The second-order valence-corrected chi connectivity index (χ2v) is 3.12. The third kappa shape index (κ3) is 2.14. The molecule has 0 unspecified atom stereocenters. The quantitative estimate of drug-likeness (QED) is 0.529. The first-order valence-electron chi connectivity index (χ1n) is 4.17. The summed E-state index contributed by atoms with van der Waals surface area (Å²) in [7, 11) is 0. The monoisotopic (exact) mass is 139 g/mol. The molecule has 1 heteroatoms. The van der Waals surface area contributed by atoms with Gasteiger partial charge in [-0.1, -0.05) is 11.6 Å². The molecule has 0 atom stereocenters. The number of rotatable bonds is 2. The first-order chi connectivity index (χ1) is 4.83. The van der Waals surface area contributed by atoms with E-state index in [4.69, 9.17) is 0 Å². The molecule has 0 aliphatic carbocycles. The molecule has 0 aromatic rings. The van der Waals surface area contributed by atoms with E-state index in [0.717, 1.165) is 0 Å². The van der Waals surface area contributed by atoms with Crippen molar-refractivity contribution in [2.24, 2.45) is 0 Å². The smallest absolute Gasteiger partial charge is 0.0189 e. The van der Waals surface area contributed by atoms with Crippen molar-refractivity contribution >= 4 is 0 Å². The first kappa shape index (κ1) is 7.80. The molecule has 0 N–H and O–H groups in total. The summed E-state index contributed by atoms with van der Waals surface area (Å²) in [5, 5.41) is 0. The summed E-state index contributed by atoms with van der Waals surface area (Å²) in [6.07, 6.45) is 5.01. The largest absolute Gasteiger partial charge is 0.299 e. The van der Waals surface area contributed by atoms with Gasteiger partial charge >= 0.3 is 0 Å². The highest BCUT2D eigenvalue weighted by Gasteiger charge is 2.10. The topological polar surface area (TPSA) is 3.24 Å². The standard InChI is InChI=1S/C9H17N/c1-3-9(2)8-10-6-4-5-7-10/h3H,4-8H2,1-2H3. The fraction of sp³-hybridized carbons (Fsp3) is 0.778. The van der Waals surface area contributed by atoms with E-state index in [0.29, 0.717) is 0 Å². The maximum atomic E-state index is 2.52. The van der Waals surface area contributed by atoms with Gasteiger partial charge in [0.15, 0.2) is 0 Å². The minimum atomic E-state index is 1.19. The van der Waals surface area contributed by atoms with Crippen LogP contribution in [-0.4, -0.2) is 24.5 Å². The highest BCUT2D eigenvalue weighted by molar-refractivity contribution is 4.98. The molecule has 1 fully saturated rings. The van der Waals surface area contributed by atoms with Gasteiger partial charge < -0.3 is 0 Å². The van der Waals surface area contributed by atoms with Crippen molar-refractivity contribution in [3.63, 3.8) is 0 Å². The fourth-order valence-electron chi connectivity index (χ4n) is 1.38. The van der Waals surface area contributed by atoms with E-state index in [9.17, 15) is 0 Å². The average molecular weight is 139 g/mol. The maximum Gasteiger partial charge on any atom is 0.0189 e. The minimum absolute atomic E-state index is 1.19. The Labute approximate surface area is 63.7 Å². The van der Waals surface area contributed by atoms with Crippen molar-refractivity contribution in [3.05, 3.63) is 11.6 Å². The van der Waals surface area contributed by atoms with Gasteiger partial charge in [0.2, 0.25) is 0 Å². The van der Waals surface area contributed by atoms with Crippen LogP contribution in [0, 0.1) is 0 Å². The normalized spacial score (nSPS) is 22.0. The Hall–Kier alpha value is -0.300. The second kappa shape index (κ2) is 3.77. The van der Waals surface area contributed by atoms with Gasteiger partial charge in [-0.3, -0.25) is 4.90 Å². The Bertz CT molecular complexity index is 121. The molecule has 0 saturated carbocycles. The van der Waals surface area contributed by atoms with Gasteiger partial charge in [-0.05, 0) is 39.8 Å². The predicted molar refractivity (Wildman–Crippen MR) is 45.1 cm³/mol. The molecule has 10 heavy (non-hydrogen) atoms. The summed E-state index contributed by atoms with van der Waals surface area (Å²) < 4.78 is 0. The summed E-state index contributed by atoms with van der Waals surface area (Å²) in [4.78, 5) is 2.52. The number of allylic oxidation sites excluding steroid dienone is 1. The summed E-state index contributed by atoms with van der Waals surface area (Å²) in [6.45, 7) is 8.14. The summed E-state index contributed by atoms with van der Waals surface area (Å²) in [5.74, 6) is 0. The van der Waals surface area contributed by atoms with Gasteiger partial charge in [0.1, 0.15) is 0 Å². The molecule has 0 aromatic carbocycles. The molecule has 0 bridgehead atoms. The molecule has 1 aliphatic rings. The van der Waals surface area contributed by atoms with Crippen LogP contribution in [0.5, 0.6) is 0 Å². The van der Waals surface area contributed by atoms with Crippen molar-refractivity contribution in [1.29, 1.82) is 0 Å². The lowest BCUT2D eigenvalue weighted by Gasteiger charge is -2.13. The van der Waals surface area contributed by atoms with Crippen LogP contribution in [0.2, 0.25) is 0 Å². The number of hydrogen-bond acceptors (Lipinski definition) is 1. The number of nitrogens with zero attached hydrogens (tertiary/aromatic N) is 1. The van der Waals surface area contributed by atoms with Crippen LogP contribution in [0.4, 0.5) is 0 Å². The fourth-order valence-corrected chi connectivity index (χ4v) is 1.38. The van der Waals surface area contributed by atoms with Crippen molar-refractivity contribution < 1.29 is 0 Å². The molecular weight excluding hydrogens is 122 g/mol. The van der Waals surface area contributed by atoms with Crippen LogP contribution in [-0.2, 0) is 0 Å². The SMILES string of the molecule is CC=C(C)CN1CCCC1. The van der Waals surface area contributed by atoms with E-state index in [1.807, 2.05) is 0 Å². The highest BCUT2D eigenvalue weighted by Crippen LogP contribution is 2.08. The molecule has 1 rings (SSSR count). The van der Waals surface area contributed by atoms with Crippen molar-refractivity contribution in [2.75, 3.05) is 19.6 Å². The zero-order valence-corrected chi connectivity index (χ0v) is 7.06. The third-order valence-corrected chi connectivity index (χ3v) is 2.16. The molecule has 1 saturated heterocycles. The molecular formula is C9H17N. The van der Waals surface area contributed by atoms with Crippen LogP contribution in [0.3, 0.4) is 0 Å².